The van der Waals surface area contributed by atoms with E-state index in [2.05, 4.69) is 15.1 Å². The highest BCUT2D eigenvalue weighted by atomic mass is 19.4. The highest BCUT2D eigenvalue weighted by Crippen LogP contribution is 2.38. The molecule has 0 aliphatic carbocycles. The van der Waals surface area contributed by atoms with Crippen molar-refractivity contribution in [1.82, 2.24) is 19.7 Å². The zero-order valence-electron chi connectivity index (χ0n) is 16.7. The number of carbonyl (C=O) groups excluding carboxylic acids is 1. The fraction of sp³-hybridized carbons (Fsp3) is 0.471. The maximum Gasteiger partial charge on any atom is 0.471 e. The fourth-order valence-electron chi connectivity index (χ4n) is 3.09. The van der Waals surface area contributed by atoms with Crippen LogP contribution in [0.2, 0.25) is 0 Å². The number of anilines is 2. The number of aryl methyl sites for hydroxylation is 1. The molecule has 2 aromatic rings. The number of carboxylic acids is 1. The second-order valence-corrected chi connectivity index (χ2v) is 7.02. The van der Waals surface area contributed by atoms with E-state index < -0.39 is 53.3 Å². The minimum absolute atomic E-state index is 0.0756. The van der Waals surface area contributed by atoms with Gasteiger partial charge in [-0.1, -0.05) is 0 Å². The number of nitrogens with one attached hydrogen (secondary N) is 1. The molecule has 0 spiro atoms. The molecule has 1 saturated heterocycles. The molecule has 3 rings (SSSR count). The Morgan fingerprint density at radius 2 is 1.79 bits per heavy atom. The standard InChI is InChI=1S/C17H16F6N6O4/c1-28-10(6-9(27-28)16(18,19)20)33-13-11(26-15(32)17(21,22)23)12(24-7-25-13)29-4-2-8(3-5-29)14(30)31/h6-8H,2-5H2,1H3,(H,26,32)(H,30,31). The van der Waals surface area contributed by atoms with Gasteiger partial charge in [0.15, 0.2) is 11.5 Å². The predicted molar refractivity (Wildman–Crippen MR) is 97.6 cm³/mol. The van der Waals surface area contributed by atoms with Gasteiger partial charge in [-0.3, -0.25) is 9.59 Å². The molecule has 1 aliphatic heterocycles. The van der Waals surface area contributed by atoms with Gasteiger partial charge in [-0.2, -0.15) is 36.4 Å². The quantitative estimate of drug-likeness (QED) is 0.624. The molecule has 0 radical (unpaired) electrons. The summed E-state index contributed by atoms with van der Waals surface area (Å²) in [6, 6.07) is 0.509. The number of carboxylic acid groups (broad SMARTS) is 1. The van der Waals surface area contributed by atoms with E-state index in [9.17, 15) is 35.9 Å². The number of halogens is 6. The topological polar surface area (TPSA) is 122 Å². The number of amides is 1. The zero-order chi connectivity index (χ0) is 24.6. The lowest BCUT2D eigenvalue weighted by molar-refractivity contribution is -0.167. The van der Waals surface area contributed by atoms with E-state index in [1.54, 1.807) is 5.32 Å². The minimum Gasteiger partial charge on any atom is -0.481 e. The van der Waals surface area contributed by atoms with Crippen LogP contribution >= 0.6 is 0 Å². The van der Waals surface area contributed by atoms with Gasteiger partial charge < -0.3 is 20.1 Å². The maximum absolute atomic E-state index is 12.9. The summed E-state index contributed by atoms with van der Waals surface area (Å²) in [5.41, 5.74) is -1.95. The van der Waals surface area contributed by atoms with Crippen molar-refractivity contribution >= 4 is 23.4 Å². The molecule has 0 atom stereocenters. The van der Waals surface area contributed by atoms with Crippen molar-refractivity contribution in [2.75, 3.05) is 23.3 Å². The van der Waals surface area contributed by atoms with Crippen molar-refractivity contribution < 1.29 is 45.8 Å². The first-order valence-electron chi connectivity index (χ1n) is 9.27. The van der Waals surface area contributed by atoms with Gasteiger partial charge in [-0.05, 0) is 12.8 Å². The molecule has 0 saturated carbocycles. The van der Waals surface area contributed by atoms with E-state index in [1.807, 2.05) is 0 Å². The van der Waals surface area contributed by atoms with E-state index in [4.69, 9.17) is 9.84 Å². The summed E-state index contributed by atoms with van der Waals surface area (Å²) in [7, 11) is 1.11. The first-order chi connectivity index (χ1) is 15.3. The number of carbonyl (C=O) groups is 2. The van der Waals surface area contributed by atoms with Crippen LogP contribution in [0.3, 0.4) is 0 Å². The van der Waals surface area contributed by atoms with Crippen LogP contribution in [0, 0.1) is 5.92 Å². The Balaban J connectivity index is 1.98. The number of alkyl halides is 6. The van der Waals surface area contributed by atoms with E-state index >= 15 is 0 Å². The Kier molecular flexibility index (Phi) is 6.37. The van der Waals surface area contributed by atoms with Gasteiger partial charge in [0.05, 0.1) is 5.92 Å². The predicted octanol–water partition coefficient (Wildman–Crippen LogP) is 2.82. The molecule has 0 aromatic carbocycles. The number of hydrogen-bond acceptors (Lipinski definition) is 7. The lowest BCUT2D eigenvalue weighted by Crippen LogP contribution is -2.38. The van der Waals surface area contributed by atoms with Gasteiger partial charge in [0.1, 0.15) is 12.0 Å². The molecular weight excluding hydrogens is 466 g/mol. The largest absolute Gasteiger partial charge is 0.481 e. The summed E-state index contributed by atoms with van der Waals surface area (Å²) in [6.45, 7) is 0.151. The molecule has 16 heteroatoms. The molecule has 1 amide bonds. The third-order valence-electron chi connectivity index (χ3n) is 4.76. The van der Waals surface area contributed by atoms with Crippen LogP contribution in [0.25, 0.3) is 0 Å². The Morgan fingerprint density at radius 1 is 1.15 bits per heavy atom. The van der Waals surface area contributed by atoms with Crippen LogP contribution in [0.15, 0.2) is 12.4 Å². The van der Waals surface area contributed by atoms with Crippen LogP contribution in [0.1, 0.15) is 18.5 Å². The monoisotopic (exact) mass is 482 g/mol. The second kappa shape index (κ2) is 8.74. The molecule has 1 aliphatic rings. The lowest BCUT2D eigenvalue weighted by Gasteiger charge is -2.32. The number of aromatic nitrogens is 4. The molecule has 180 valence electrons. The zero-order valence-corrected chi connectivity index (χ0v) is 16.7. The van der Waals surface area contributed by atoms with E-state index in [-0.39, 0.29) is 31.7 Å². The van der Waals surface area contributed by atoms with Gasteiger partial charge in [0.25, 0.3) is 0 Å². The van der Waals surface area contributed by atoms with Crippen molar-refractivity contribution in [3.05, 3.63) is 18.1 Å². The average Bonchev–Trinajstić information content (AvgIpc) is 3.09. The normalized spacial score (nSPS) is 15.4. The summed E-state index contributed by atoms with van der Waals surface area (Å²) in [5.74, 6) is -5.45. The van der Waals surface area contributed by atoms with Crippen LogP contribution in [-0.2, 0) is 22.8 Å². The number of aliphatic carboxylic acids is 1. The number of nitrogens with zero attached hydrogens (tertiary/aromatic N) is 5. The molecule has 2 N–H and O–H groups in total. The van der Waals surface area contributed by atoms with Crippen LogP contribution in [-0.4, -0.2) is 56.0 Å². The molecule has 2 aromatic heterocycles. The third kappa shape index (κ3) is 5.43. The van der Waals surface area contributed by atoms with Crippen molar-refractivity contribution in [2.24, 2.45) is 13.0 Å². The van der Waals surface area contributed by atoms with Gasteiger partial charge in [-0.15, -0.1) is 0 Å². The van der Waals surface area contributed by atoms with E-state index in [1.165, 1.54) is 4.90 Å². The summed E-state index contributed by atoms with van der Waals surface area (Å²) in [5, 5.41) is 14.0. The summed E-state index contributed by atoms with van der Waals surface area (Å²) in [6.07, 6.45) is -8.91. The summed E-state index contributed by atoms with van der Waals surface area (Å²) < 4.78 is 83.4. The molecular formula is C17H16F6N6O4. The number of ether oxygens (including phenoxy) is 1. The van der Waals surface area contributed by atoms with Crippen molar-refractivity contribution in [2.45, 2.75) is 25.2 Å². The second-order valence-electron chi connectivity index (χ2n) is 7.02. The van der Waals surface area contributed by atoms with Crippen LogP contribution < -0.4 is 15.0 Å². The molecule has 10 nitrogen and oxygen atoms in total. The van der Waals surface area contributed by atoms with Gasteiger partial charge >= 0.3 is 24.2 Å². The van der Waals surface area contributed by atoms with Gasteiger partial charge in [-0.25, -0.2) is 9.67 Å². The molecule has 0 bridgehead atoms. The van der Waals surface area contributed by atoms with Crippen molar-refractivity contribution in [1.29, 1.82) is 0 Å². The first-order valence-corrected chi connectivity index (χ1v) is 9.27. The Morgan fingerprint density at radius 3 is 2.30 bits per heavy atom. The van der Waals surface area contributed by atoms with E-state index in [0.29, 0.717) is 10.7 Å². The van der Waals surface area contributed by atoms with Crippen LogP contribution in [0.4, 0.5) is 37.8 Å². The van der Waals surface area contributed by atoms with Gasteiger partial charge in [0.2, 0.25) is 11.8 Å². The number of piperidine rings is 1. The molecule has 3 heterocycles. The Bertz CT molecular complexity index is 1050. The highest BCUT2D eigenvalue weighted by Gasteiger charge is 2.41. The average molecular weight is 482 g/mol. The molecule has 33 heavy (non-hydrogen) atoms. The third-order valence-corrected chi connectivity index (χ3v) is 4.76. The van der Waals surface area contributed by atoms with Crippen molar-refractivity contribution in [3.63, 3.8) is 0 Å². The highest BCUT2D eigenvalue weighted by molar-refractivity contribution is 5.98. The summed E-state index contributed by atoms with van der Waals surface area (Å²) in [4.78, 5) is 31.7. The fourth-order valence-corrected chi connectivity index (χ4v) is 3.09. The molecule has 0 unspecified atom stereocenters. The first kappa shape index (κ1) is 24.1. The number of hydrogen-bond donors (Lipinski definition) is 2. The summed E-state index contributed by atoms with van der Waals surface area (Å²) >= 11 is 0. The lowest BCUT2D eigenvalue weighted by atomic mass is 9.97. The van der Waals surface area contributed by atoms with Gasteiger partial charge in [0, 0.05) is 26.2 Å². The Hall–Kier alpha value is -3.59. The Labute approximate surface area is 181 Å². The maximum atomic E-state index is 12.9. The minimum atomic E-state index is -5.29. The van der Waals surface area contributed by atoms with E-state index in [0.717, 1.165) is 13.4 Å². The number of rotatable bonds is 5. The smallest absolute Gasteiger partial charge is 0.471 e. The SMILES string of the molecule is Cn1nc(C(F)(F)F)cc1Oc1ncnc(N2CCC(C(=O)O)CC2)c1NC(=O)C(F)(F)F. The molecule has 1 fully saturated rings. The van der Waals surface area contributed by atoms with Crippen LogP contribution in [0.5, 0.6) is 11.8 Å². The van der Waals surface area contributed by atoms with Crippen molar-refractivity contribution in [3.8, 4) is 11.8 Å².